The lowest BCUT2D eigenvalue weighted by Crippen LogP contribution is -2.52. The SMILES string of the molecule is CN=C(NCc1cc(Br)ccc1F)NCC(C(C)C)N1CCOCC1.I. The molecule has 1 aliphatic heterocycles. The Bertz CT molecular complexity index is 582. The molecule has 1 saturated heterocycles. The molecule has 1 aromatic carbocycles. The number of hydrogen-bond donors (Lipinski definition) is 2. The first-order chi connectivity index (χ1) is 12.0. The minimum atomic E-state index is -0.223. The highest BCUT2D eigenvalue weighted by Gasteiger charge is 2.23. The van der Waals surface area contributed by atoms with Crippen molar-refractivity contribution in [2.45, 2.75) is 26.4 Å². The second-order valence-corrected chi connectivity index (χ2v) is 7.42. The molecule has 1 aromatic rings. The summed E-state index contributed by atoms with van der Waals surface area (Å²) in [6, 6.07) is 5.34. The van der Waals surface area contributed by atoms with Crippen molar-refractivity contribution in [3.63, 3.8) is 0 Å². The molecule has 5 nitrogen and oxygen atoms in total. The molecule has 2 rings (SSSR count). The number of benzene rings is 1. The van der Waals surface area contributed by atoms with Crippen molar-refractivity contribution in [1.29, 1.82) is 0 Å². The van der Waals surface area contributed by atoms with E-state index in [1.807, 2.05) is 0 Å². The molecular weight excluding hydrogens is 514 g/mol. The molecule has 0 amide bonds. The van der Waals surface area contributed by atoms with Crippen LogP contribution >= 0.6 is 39.9 Å². The molecule has 148 valence electrons. The van der Waals surface area contributed by atoms with Gasteiger partial charge in [0.25, 0.3) is 0 Å². The summed E-state index contributed by atoms with van der Waals surface area (Å²) in [6.07, 6.45) is 0. The number of nitrogens with one attached hydrogen (secondary N) is 2. The predicted molar refractivity (Wildman–Crippen MR) is 119 cm³/mol. The summed E-state index contributed by atoms with van der Waals surface area (Å²) in [7, 11) is 1.73. The van der Waals surface area contributed by atoms with E-state index in [1.165, 1.54) is 6.07 Å². The molecule has 1 fully saturated rings. The summed E-state index contributed by atoms with van der Waals surface area (Å²) in [5, 5.41) is 6.56. The lowest BCUT2D eigenvalue weighted by atomic mass is 10.0. The maximum Gasteiger partial charge on any atom is 0.191 e. The lowest BCUT2D eigenvalue weighted by molar-refractivity contribution is 0.00752. The van der Waals surface area contributed by atoms with Crippen molar-refractivity contribution in [2.24, 2.45) is 10.9 Å². The first-order valence-electron chi connectivity index (χ1n) is 8.71. The summed E-state index contributed by atoms with van der Waals surface area (Å²) in [5.41, 5.74) is 0.603. The third-order valence-corrected chi connectivity index (χ3v) is 4.93. The number of ether oxygens (including phenoxy) is 1. The molecule has 0 aromatic heterocycles. The van der Waals surface area contributed by atoms with Crippen LogP contribution in [0.1, 0.15) is 19.4 Å². The minimum absolute atomic E-state index is 0. The monoisotopic (exact) mass is 542 g/mol. The molecule has 2 N–H and O–H groups in total. The van der Waals surface area contributed by atoms with E-state index in [0.717, 1.165) is 37.3 Å². The first kappa shape index (κ1) is 23.6. The van der Waals surface area contributed by atoms with E-state index in [1.54, 1.807) is 19.2 Å². The molecule has 0 saturated carbocycles. The lowest BCUT2D eigenvalue weighted by Gasteiger charge is -2.37. The van der Waals surface area contributed by atoms with Gasteiger partial charge in [0.15, 0.2) is 5.96 Å². The van der Waals surface area contributed by atoms with Crippen molar-refractivity contribution in [1.82, 2.24) is 15.5 Å². The van der Waals surface area contributed by atoms with Crippen molar-refractivity contribution in [2.75, 3.05) is 39.9 Å². The van der Waals surface area contributed by atoms with Gasteiger partial charge in [0.2, 0.25) is 0 Å². The highest BCUT2D eigenvalue weighted by Crippen LogP contribution is 2.15. The second kappa shape index (κ2) is 12.1. The smallest absolute Gasteiger partial charge is 0.191 e. The Morgan fingerprint density at radius 3 is 2.62 bits per heavy atom. The first-order valence-corrected chi connectivity index (χ1v) is 9.50. The van der Waals surface area contributed by atoms with Crippen LogP contribution in [0.15, 0.2) is 27.7 Å². The summed E-state index contributed by atoms with van der Waals surface area (Å²) in [6.45, 7) is 9.13. The number of hydrogen-bond acceptors (Lipinski definition) is 3. The molecule has 8 heteroatoms. The third kappa shape index (κ3) is 7.28. The number of halogens is 3. The Morgan fingerprint density at radius 1 is 1.31 bits per heavy atom. The summed E-state index contributed by atoms with van der Waals surface area (Å²) >= 11 is 3.37. The average molecular weight is 543 g/mol. The van der Waals surface area contributed by atoms with E-state index >= 15 is 0 Å². The standard InChI is InChI=1S/C18H28BrFN4O.HI/c1-13(2)17(24-6-8-25-9-7-24)12-23-18(21-3)22-11-14-10-15(19)4-5-16(14)20;/h4-5,10,13,17H,6-9,11-12H2,1-3H3,(H2,21,22,23);1H. The van der Waals surface area contributed by atoms with Crippen molar-refractivity contribution in [3.8, 4) is 0 Å². The fourth-order valence-electron chi connectivity index (χ4n) is 2.98. The van der Waals surface area contributed by atoms with Gasteiger partial charge >= 0.3 is 0 Å². The molecule has 1 aliphatic rings. The molecule has 0 bridgehead atoms. The van der Waals surface area contributed by atoms with E-state index in [4.69, 9.17) is 4.74 Å². The number of morpholine rings is 1. The fourth-order valence-corrected chi connectivity index (χ4v) is 3.38. The predicted octanol–water partition coefficient (Wildman–Crippen LogP) is 3.23. The zero-order valence-electron chi connectivity index (χ0n) is 15.6. The number of guanidine groups is 1. The van der Waals surface area contributed by atoms with E-state index in [9.17, 15) is 4.39 Å². The van der Waals surface area contributed by atoms with Gasteiger partial charge in [0.05, 0.1) is 13.2 Å². The van der Waals surface area contributed by atoms with E-state index in [-0.39, 0.29) is 29.8 Å². The molecule has 1 unspecified atom stereocenters. The number of aliphatic imine (C=N–C) groups is 1. The molecule has 0 spiro atoms. The van der Waals surface area contributed by atoms with Crippen LogP contribution < -0.4 is 10.6 Å². The highest BCUT2D eigenvalue weighted by molar-refractivity contribution is 14.0. The van der Waals surface area contributed by atoms with Crippen LogP contribution in [0.2, 0.25) is 0 Å². The molecule has 1 heterocycles. The maximum absolute atomic E-state index is 13.8. The van der Waals surface area contributed by atoms with Gasteiger partial charge in [-0.2, -0.15) is 0 Å². The second-order valence-electron chi connectivity index (χ2n) is 6.50. The van der Waals surface area contributed by atoms with Gasteiger partial charge in [-0.15, -0.1) is 24.0 Å². The molecule has 0 aliphatic carbocycles. The summed E-state index contributed by atoms with van der Waals surface area (Å²) in [4.78, 5) is 6.71. The molecule has 26 heavy (non-hydrogen) atoms. The topological polar surface area (TPSA) is 48.9 Å². The largest absolute Gasteiger partial charge is 0.379 e. The Morgan fingerprint density at radius 2 is 2.00 bits per heavy atom. The van der Waals surface area contributed by atoms with Crippen LogP contribution in [0.5, 0.6) is 0 Å². The maximum atomic E-state index is 13.8. The van der Waals surface area contributed by atoms with Crippen LogP contribution in [0.3, 0.4) is 0 Å². The van der Waals surface area contributed by atoms with Crippen LogP contribution in [-0.2, 0) is 11.3 Å². The minimum Gasteiger partial charge on any atom is -0.379 e. The molecular formula is C18H29BrFIN4O. The van der Waals surface area contributed by atoms with Gasteiger partial charge in [-0.3, -0.25) is 9.89 Å². The Hall–Kier alpha value is -0.450. The van der Waals surface area contributed by atoms with Crippen LogP contribution in [0.4, 0.5) is 4.39 Å². The van der Waals surface area contributed by atoms with Crippen molar-refractivity contribution < 1.29 is 9.13 Å². The van der Waals surface area contributed by atoms with Gasteiger partial charge < -0.3 is 15.4 Å². The fraction of sp³-hybridized carbons (Fsp3) is 0.611. The average Bonchev–Trinajstić information content (AvgIpc) is 2.61. The Balaban J connectivity index is 0.00000338. The van der Waals surface area contributed by atoms with E-state index in [2.05, 4.69) is 50.3 Å². The number of nitrogens with zero attached hydrogens (tertiary/aromatic N) is 2. The van der Waals surface area contributed by atoms with Crippen LogP contribution in [0, 0.1) is 11.7 Å². The van der Waals surface area contributed by atoms with E-state index < -0.39 is 0 Å². The Labute approximate surface area is 181 Å². The van der Waals surface area contributed by atoms with E-state index in [0.29, 0.717) is 30.0 Å². The van der Waals surface area contributed by atoms with Gasteiger partial charge in [-0.1, -0.05) is 29.8 Å². The highest BCUT2D eigenvalue weighted by atomic mass is 127. The van der Waals surface area contributed by atoms with Crippen LogP contribution in [-0.4, -0.2) is 56.8 Å². The summed E-state index contributed by atoms with van der Waals surface area (Å²) in [5.74, 6) is 0.976. The van der Waals surface area contributed by atoms with Gasteiger partial charge in [-0.25, -0.2) is 4.39 Å². The van der Waals surface area contributed by atoms with Crippen molar-refractivity contribution >= 4 is 45.9 Å². The van der Waals surface area contributed by atoms with Gasteiger partial charge in [0, 0.05) is 49.3 Å². The normalized spacial score (nSPS) is 16.9. The molecule has 1 atom stereocenters. The van der Waals surface area contributed by atoms with Crippen molar-refractivity contribution in [3.05, 3.63) is 34.1 Å². The Kier molecular flexibility index (Phi) is 11.0. The summed E-state index contributed by atoms with van der Waals surface area (Å²) < 4.78 is 20.2. The van der Waals surface area contributed by atoms with Gasteiger partial charge in [0.1, 0.15) is 5.82 Å². The third-order valence-electron chi connectivity index (χ3n) is 4.44. The zero-order valence-corrected chi connectivity index (χ0v) is 19.5. The zero-order chi connectivity index (χ0) is 18.2. The molecule has 0 radical (unpaired) electrons. The number of rotatable bonds is 6. The van der Waals surface area contributed by atoms with Gasteiger partial charge in [-0.05, 0) is 24.1 Å². The van der Waals surface area contributed by atoms with Crippen LogP contribution in [0.25, 0.3) is 0 Å². The quantitative estimate of drug-likeness (QED) is 0.329.